The maximum Gasteiger partial charge on any atom is 0.407 e. The van der Waals surface area contributed by atoms with E-state index in [2.05, 4.69) is 32.7 Å². The number of nitrogens with zero attached hydrogens (tertiary/aromatic N) is 2. The molecule has 2 amide bonds. The molecule has 364 valence electrons. The van der Waals surface area contributed by atoms with Gasteiger partial charge >= 0.3 is 12.1 Å². The van der Waals surface area contributed by atoms with Crippen LogP contribution in [0.4, 0.5) is 4.79 Å². The summed E-state index contributed by atoms with van der Waals surface area (Å²) in [6.07, 6.45) is 0.510. The summed E-state index contributed by atoms with van der Waals surface area (Å²) in [7, 11) is 0. The SMILES string of the molecule is O=C(NCc1cccc(OCc2ccc(C(=O)OCCN(Cc3ccccc3)C(=O)c3ccc(CNC[C@H](O)c4ccc(O)c5[nH]c(=O)ccc45)cc3)cc2)c1)O[C@@H]1C2CCN(CC2)[C@H]1c1ccccc1. The molecule has 7 aromatic rings. The van der Waals surface area contributed by atoms with Gasteiger partial charge in [0.05, 0.1) is 29.8 Å². The van der Waals surface area contributed by atoms with Gasteiger partial charge in [0, 0.05) is 49.1 Å². The lowest BCUT2D eigenvalue weighted by molar-refractivity contribution is -0.0795. The zero-order valence-corrected chi connectivity index (χ0v) is 39.2. The molecular formula is C57H57N5O9. The van der Waals surface area contributed by atoms with Crippen LogP contribution in [0.2, 0.25) is 0 Å². The van der Waals surface area contributed by atoms with Crippen LogP contribution in [0.3, 0.4) is 0 Å². The Bertz CT molecular complexity index is 2980. The Hall–Kier alpha value is -7.78. The van der Waals surface area contributed by atoms with Crippen molar-refractivity contribution in [3.8, 4) is 11.5 Å². The van der Waals surface area contributed by atoms with E-state index in [-0.39, 0.29) is 67.7 Å². The number of alkyl carbamates (subject to hydrolysis) is 1. The van der Waals surface area contributed by atoms with Crippen molar-refractivity contribution < 1.29 is 38.8 Å². The molecule has 71 heavy (non-hydrogen) atoms. The number of aliphatic hydroxyl groups is 1. The van der Waals surface area contributed by atoms with E-state index in [1.54, 1.807) is 41.3 Å². The van der Waals surface area contributed by atoms with Crippen molar-refractivity contribution in [2.75, 3.05) is 32.8 Å². The maximum absolute atomic E-state index is 13.9. The molecule has 10 rings (SSSR count). The molecule has 3 aliphatic heterocycles. The Morgan fingerprint density at radius 3 is 2.21 bits per heavy atom. The van der Waals surface area contributed by atoms with Crippen molar-refractivity contribution in [1.29, 1.82) is 0 Å². The Morgan fingerprint density at radius 1 is 0.746 bits per heavy atom. The average molecular weight is 956 g/mol. The van der Waals surface area contributed by atoms with Crippen molar-refractivity contribution in [3.63, 3.8) is 0 Å². The van der Waals surface area contributed by atoms with Gasteiger partial charge in [-0.15, -0.1) is 0 Å². The van der Waals surface area contributed by atoms with Crippen molar-refractivity contribution >= 4 is 28.9 Å². The molecule has 3 saturated heterocycles. The van der Waals surface area contributed by atoms with Crippen LogP contribution >= 0.6 is 0 Å². The molecular weight excluding hydrogens is 899 g/mol. The van der Waals surface area contributed by atoms with Gasteiger partial charge in [0.15, 0.2) is 0 Å². The molecule has 0 aliphatic carbocycles. The minimum atomic E-state index is -0.912. The molecule has 4 heterocycles. The zero-order valence-electron chi connectivity index (χ0n) is 39.2. The van der Waals surface area contributed by atoms with Crippen molar-refractivity contribution in [1.82, 2.24) is 25.4 Å². The van der Waals surface area contributed by atoms with E-state index in [1.165, 1.54) is 17.7 Å². The predicted octanol–water partition coefficient (Wildman–Crippen LogP) is 8.20. The van der Waals surface area contributed by atoms with Crippen LogP contribution in [0.5, 0.6) is 11.5 Å². The molecule has 1 aromatic heterocycles. The van der Waals surface area contributed by atoms with E-state index in [9.17, 15) is 29.4 Å². The van der Waals surface area contributed by atoms with Gasteiger partial charge in [-0.3, -0.25) is 14.5 Å². The minimum absolute atomic E-state index is 0.0180. The van der Waals surface area contributed by atoms with Crippen LogP contribution in [-0.2, 0) is 35.7 Å². The summed E-state index contributed by atoms with van der Waals surface area (Å²) in [6, 6.07) is 47.7. The lowest BCUT2D eigenvalue weighted by Crippen LogP contribution is -2.54. The number of pyridine rings is 1. The van der Waals surface area contributed by atoms with E-state index < -0.39 is 18.2 Å². The Morgan fingerprint density at radius 2 is 1.45 bits per heavy atom. The summed E-state index contributed by atoms with van der Waals surface area (Å²) in [5, 5.41) is 27.9. The number of H-pyrrole nitrogens is 1. The third kappa shape index (κ3) is 12.2. The first-order valence-corrected chi connectivity index (χ1v) is 24.0. The lowest BCUT2D eigenvalue weighted by Gasteiger charge is -2.50. The fraction of sp³-hybridized carbons (Fsp3) is 0.263. The van der Waals surface area contributed by atoms with Crippen LogP contribution in [-0.4, -0.2) is 81.9 Å². The maximum atomic E-state index is 13.9. The first-order valence-electron chi connectivity index (χ1n) is 24.0. The number of ether oxygens (including phenoxy) is 3. The molecule has 3 aliphatic rings. The molecule has 3 fully saturated rings. The summed E-state index contributed by atoms with van der Waals surface area (Å²) in [5.74, 6) is 0.173. The second-order valence-electron chi connectivity index (χ2n) is 18.1. The fourth-order valence-corrected chi connectivity index (χ4v) is 9.54. The minimum Gasteiger partial charge on any atom is -0.506 e. The highest BCUT2D eigenvalue weighted by Gasteiger charge is 2.45. The molecule has 2 bridgehead atoms. The van der Waals surface area contributed by atoms with Gasteiger partial charge in [-0.05, 0) is 108 Å². The molecule has 14 nitrogen and oxygen atoms in total. The number of carbonyl (C=O) groups excluding carboxylic acids is 3. The summed E-state index contributed by atoms with van der Waals surface area (Å²) >= 11 is 0. The summed E-state index contributed by atoms with van der Waals surface area (Å²) < 4.78 is 17.9. The van der Waals surface area contributed by atoms with Gasteiger partial charge in [-0.2, -0.15) is 0 Å². The third-order valence-corrected chi connectivity index (χ3v) is 13.3. The van der Waals surface area contributed by atoms with E-state index in [4.69, 9.17) is 14.2 Å². The molecule has 14 heteroatoms. The third-order valence-electron chi connectivity index (χ3n) is 13.3. The van der Waals surface area contributed by atoms with Gasteiger partial charge < -0.3 is 44.9 Å². The van der Waals surface area contributed by atoms with Gasteiger partial charge in [0.1, 0.15) is 30.8 Å². The number of esters is 1. The number of benzene rings is 6. The number of rotatable bonds is 19. The Labute approximate surface area is 411 Å². The monoisotopic (exact) mass is 955 g/mol. The first-order chi connectivity index (χ1) is 34.6. The topological polar surface area (TPSA) is 183 Å². The second-order valence-corrected chi connectivity index (χ2v) is 18.1. The number of carbonyl (C=O) groups is 3. The molecule has 6 aromatic carbocycles. The smallest absolute Gasteiger partial charge is 0.407 e. The standard InChI is InChI=1S/C57H57N5O9/c63-49-24-22-47(48-23-25-51(65)60-52(48)49)50(64)35-58-33-38-14-18-44(19-15-38)55(66)62(36-39-8-3-1-4-9-39)30-31-69-56(67)45-20-16-40(17-21-45)37-70-46-13-7-10-41(32-46)34-59-57(68)71-54-43-26-28-61(29-27-43)53(54)42-11-5-2-6-12-42/h1-25,32,43,50,53-54,58,63-64H,26-31,33-37H2,(H,59,68)(H,60,65)/t50-,53-,54+/m0/s1. The number of phenols is 1. The number of hydrogen-bond donors (Lipinski definition) is 5. The van der Waals surface area contributed by atoms with Crippen LogP contribution < -0.4 is 20.9 Å². The van der Waals surface area contributed by atoms with E-state index in [0.717, 1.165) is 48.2 Å². The predicted molar refractivity (Wildman–Crippen MR) is 269 cm³/mol. The van der Waals surface area contributed by atoms with E-state index >= 15 is 0 Å². The number of fused-ring (bicyclic) bond motifs is 4. The highest BCUT2D eigenvalue weighted by molar-refractivity contribution is 5.94. The van der Waals surface area contributed by atoms with Gasteiger partial charge in [-0.1, -0.05) is 103 Å². The fourth-order valence-electron chi connectivity index (χ4n) is 9.54. The number of phenolic OH excluding ortho intramolecular Hbond substituents is 1. The second kappa shape index (κ2) is 22.8. The highest BCUT2D eigenvalue weighted by atomic mass is 16.6. The Balaban J connectivity index is 0.731. The number of piperidine rings is 3. The van der Waals surface area contributed by atoms with Crippen molar-refractivity contribution in [2.45, 2.75) is 57.3 Å². The van der Waals surface area contributed by atoms with E-state index in [1.807, 2.05) is 97.1 Å². The number of aromatic nitrogens is 1. The lowest BCUT2D eigenvalue weighted by atomic mass is 9.78. The quantitative estimate of drug-likeness (QED) is 0.0493. The van der Waals surface area contributed by atoms with Crippen LogP contribution in [0.15, 0.2) is 163 Å². The number of aromatic hydroxyl groups is 1. The number of hydrogen-bond acceptors (Lipinski definition) is 11. The van der Waals surface area contributed by atoms with Gasteiger partial charge in [0.2, 0.25) is 5.56 Å². The van der Waals surface area contributed by atoms with Gasteiger partial charge in [0.25, 0.3) is 5.91 Å². The molecule has 0 spiro atoms. The number of aromatic amines is 1. The molecule has 0 radical (unpaired) electrons. The summed E-state index contributed by atoms with van der Waals surface area (Å²) in [4.78, 5) is 58.7. The molecule has 0 saturated carbocycles. The highest BCUT2D eigenvalue weighted by Crippen LogP contribution is 2.42. The molecule has 5 N–H and O–H groups in total. The van der Waals surface area contributed by atoms with Gasteiger partial charge in [-0.25, -0.2) is 9.59 Å². The number of amides is 2. The van der Waals surface area contributed by atoms with Crippen LogP contribution in [0, 0.1) is 5.92 Å². The molecule has 3 atom stereocenters. The van der Waals surface area contributed by atoms with E-state index in [0.29, 0.717) is 46.8 Å². The van der Waals surface area contributed by atoms with Crippen LogP contribution in [0.25, 0.3) is 10.9 Å². The average Bonchev–Trinajstić information content (AvgIpc) is 3.40. The first kappa shape index (κ1) is 48.3. The number of aliphatic hydroxyl groups excluding tert-OH is 1. The summed E-state index contributed by atoms with van der Waals surface area (Å²) in [6.45, 7) is 3.66. The summed E-state index contributed by atoms with van der Waals surface area (Å²) in [5.41, 5.74) is 6.04. The van der Waals surface area contributed by atoms with Crippen molar-refractivity contribution in [2.24, 2.45) is 5.92 Å². The van der Waals surface area contributed by atoms with Crippen molar-refractivity contribution in [3.05, 3.63) is 213 Å². The Kier molecular flexibility index (Phi) is 15.5. The largest absolute Gasteiger partial charge is 0.506 e. The van der Waals surface area contributed by atoms with Crippen LogP contribution in [0.1, 0.15) is 79.1 Å². The zero-order chi connectivity index (χ0) is 49.1. The molecule has 0 unspecified atom stereocenters. The number of nitrogens with one attached hydrogen (secondary N) is 3. The normalized spacial score (nSPS) is 17.5.